The van der Waals surface area contributed by atoms with Gasteiger partial charge < -0.3 is 15.0 Å². The average molecular weight is 415 g/mol. The van der Waals surface area contributed by atoms with Crippen molar-refractivity contribution in [2.45, 2.75) is 32.7 Å². The molecule has 0 saturated heterocycles. The number of amides is 1. The number of nitrogens with one attached hydrogen (secondary N) is 1. The summed E-state index contributed by atoms with van der Waals surface area (Å²) in [5, 5.41) is 2.93. The number of hydrogen-bond acceptors (Lipinski definition) is 3. The van der Waals surface area contributed by atoms with Gasteiger partial charge in [-0.25, -0.2) is 0 Å². The highest BCUT2D eigenvalue weighted by molar-refractivity contribution is 5.94. The van der Waals surface area contributed by atoms with Gasteiger partial charge in [-0.1, -0.05) is 55.8 Å². The van der Waals surface area contributed by atoms with Crippen LogP contribution in [-0.4, -0.2) is 25.6 Å². The minimum atomic E-state index is -0.0695. The number of carbonyl (C=O) groups is 1. The minimum Gasteiger partial charge on any atom is -0.492 e. The fourth-order valence-corrected chi connectivity index (χ4v) is 4.03. The van der Waals surface area contributed by atoms with Crippen LogP contribution >= 0.6 is 0 Å². The summed E-state index contributed by atoms with van der Waals surface area (Å²) >= 11 is 0. The molecule has 3 aromatic rings. The Morgan fingerprint density at radius 2 is 1.71 bits per heavy atom. The van der Waals surface area contributed by atoms with E-state index in [0.29, 0.717) is 18.7 Å². The van der Waals surface area contributed by atoms with Crippen LogP contribution < -0.4 is 15.0 Å². The van der Waals surface area contributed by atoms with Crippen molar-refractivity contribution in [2.24, 2.45) is 0 Å². The Hall–Kier alpha value is -3.27. The van der Waals surface area contributed by atoms with E-state index in [2.05, 4.69) is 53.5 Å². The van der Waals surface area contributed by atoms with Gasteiger partial charge >= 0.3 is 0 Å². The summed E-state index contributed by atoms with van der Waals surface area (Å²) in [4.78, 5) is 14.8. The predicted molar refractivity (Wildman–Crippen MR) is 126 cm³/mol. The van der Waals surface area contributed by atoms with Gasteiger partial charge in [-0.3, -0.25) is 4.79 Å². The molecule has 0 unspecified atom stereocenters. The van der Waals surface area contributed by atoms with Crippen LogP contribution in [0.3, 0.4) is 0 Å². The van der Waals surface area contributed by atoms with E-state index >= 15 is 0 Å². The number of rotatable bonds is 9. The van der Waals surface area contributed by atoms with Crippen LogP contribution in [0.1, 0.15) is 40.4 Å². The maximum atomic E-state index is 12.4. The number of anilines is 1. The van der Waals surface area contributed by atoms with Crippen LogP contribution in [0.5, 0.6) is 5.75 Å². The molecule has 1 aliphatic heterocycles. The second-order valence-electron chi connectivity index (χ2n) is 8.00. The Labute approximate surface area is 184 Å². The zero-order valence-electron chi connectivity index (χ0n) is 18.1. The van der Waals surface area contributed by atoms with Crippen LogP contribution in [0.4, 0.5) is 5.69 Å². The molecule has 4 rings (SSSR count). The fraction of sp³-hybridized carbons (Fsp3) is 0.296. The summed E-state index contributed by atoms with van der Waals surface area (Å²) < 4.78 is 5.73. The molecule has 0 saturated carbocycles. The molecular formula is C27H30N2O2. The summed E-state index contributed by atoms with van der Waals surface area (Å²) in [5.74, 6) is 0.766. The topological polar surface area (TPSA) is 41.6 Å². The first-order chi connectivity index (χ1) is 15.2. The van der Waals surface area contributed by atoms with Crippen LogP contribution in [-0.2, 0) is 19.4 Å². The number of benzene rings is 3. The van der Waals surface area contributed by atoms with E-state index in [9.17, 15) is 4.79 Å². The maximum Gasteiger partial charge on any atom is 0.251 e. The van der Waals surface area contributed by atoms with Crippen molar-refractivity contribution >= 4 is 11.6 Å². The van der Waals surface area contributed by atoms with E-state index in [-0.39, 0.29) is 5.91 Å². The SMILES string of the molecule is CCCc1ccc(OCCNC(=O)c2ccc(CN3CCc4ccccc43)cc2)cc1. The highest BCUT2D eigenvalue weighted by Gasteiger charge is 2.18. The van der Waals surface area contributed by atoms with Crippen LogP contribution in [0, 0.1) is 0 Å². The standard InChI is InChI=1S/C27H30N2O2/c1-2-5-21-10-14-25(15-11-21)31-19-17-28-27(30)24-12-8-22(9-13-24)20-29-18-16-23-6-3-4-7-26(23)29/h3-4,6-15H,2,5,16-20H2,1H3,(H,28,30). The fourth-order valence-electron chi connectivity index (χ4n) is 4.03. The maximum absolute atomic E-state index is 12.4. The lowest BCUT2D eigenvalue weighted by Crippen LogP contribution is -2.28. The third kappa shape index (κ3) is 5.46. The van der Waals surface area contributed by atoms with Crippen molar-refractivity contribution in [3.63, 3.8) is 0 Å². The Morgan fingerprint density at radius 1 is 0.968 bits per heavy atom. The van der Waals surface area contributed by atoms with Gasteiger partial charge in [0.2, 0.25) is 0 Å². The van der Waals surface area contributed by atoms with E-state index in [0.717, 1.165) is 38.1 Å². The molecular weight excluding hydrogens is 384 g/mol. The number of fused-ring (bicyclic) bond motifs is 1. The zero-order chi connectivity index (χ0) is 21.5. The van der Waals surface area contributed by atoms with Gasteiger partial charge in [0.15, 0.2) is 0 Å². The van der Waals surface area contributed by atoms with Gasteiger partial charge in [0.05, 0.1) is 6.54 Å². The second kappa shape index (κ2) is 10.2. The molecule has 0 aliphatic carbocycles. The number of carbonyl (C=O) groups excluding carboxylic acids is 1. The van der Waals surface area contributed by atoms with E-state index in [1.807, 2.05) is 36.4 Å². The number of nitrogens with zero attached hydrogens (tertiary/aromatic N) is 1. The Bertz CT molecular complexity index is 997. The van der Waals surface area contributed by atoms with Gasteiger partial charge in [-0.05, 0) is 59.9 Å². The first-order valence-corrected chi connectivity index (χ1v) is 11.1. The summed E-state index contributed by atoms with van der Waals surface area (Å²) in [6.07, 6.45) is 3.32. The first kappa shape index (κ1) is 21.0. The van der Waals surface area contributed by atoms with Crippen molar-refractivity contribution in [1.29, 1.82) is 0 Å². The normalized spacial score (nSPS) is 12.5. The van der Waals surface area contributed by atoms with Crippen LogP contribution in [0.25, 0.3) is 0 Å². The van der Waals surface area contributed by atoms with Crippen LogP contribution in [0.2, 0.25) is 0 Å². The molecule has 31 heavy (non-hydrogen) atoms. The lowest BCUT2D eigenvalue weighted by molar-refractivity contribution is 0.0947. The molecule has 0 radical (unpaired) electrons. The Kier molecular flexibility index (Phi) is 6.88. The van der Waals surface area contributed by atoms with Crippen LogP contribution in [0.15, 0.2) is 72.8 Å². The number of ether oxygens (including phenoxy) is 1. The highest BCUT2D eigenvalue weighted by Crippen LogP contribution is 2.28. The monoisotopic (exact) mass is 414 g/mol. The molecule has 0 aromatic heterocycles. The molecule has 160 valence electrons. The van der Waals surface area contributed by atoms with Crippen molar-refractivity contribution in [3.8, 4) is 5.75 Å². The minimum absolute atomic E-state index is 0.0695. The Morgan fingerprint density at radius 3 is 2.48 bits per heavy atom. The van der Waals surface area contributed by atoms with Crippen molar-refractivity contribution in [2.75, 3.05) is 24.6 Å². The lowest BCUT2D eigenvalue weighted by atomic mass is 10.1. The third-order valence-corrected chi connectivity index (χ3v) is 5.69. The molecule has 1 amide bonds. The quantitative estimate of drug-likeness (QED) is 0.501. The zero-order valence-corrected chi connectivity index (χ0v) is 18.1. The van der Waals surface area contributed by atoms with Gasteiger partial charge in [0.1, 0.15) is 12.4 Å². The van der Waals surface area contributed by atoms with E-state index < -0.39 is 0 Å². The molecule has 4 nitrogen and oxygen atoms in total. The largest absolute Gasteiger partial charge is 0.492 e. The molecule has 1 N–H and O–H groups in total. The molecule has 1 aliphatic rings. The van der Waals surface area contributed by atoms with Gasteiger partial charge in [0, 0.05) is 24.3 Å². The molecule has 1 heterocycles. The average Bonchev–Trinajstić information content (AvgIpc) is 3.21. The molecule has 0 spiro atoms. The van der Waals surface area contributed by atoms with Gasteiger partial charge in [-0.2, -0.15) is 0 Å². The van der Waals surface area contributed by atoms with E-state index in [4.69, 9.17) is 4.74 Å². The summed E-state index contributed by atoms with van der Waals surface area (Å²) in [7, 11) is 0. The van der Waals surface area contributed by atoms with Gasteiger partial charge in [0.25, 0.3) is 5.91 Å². The van der Waals surface area contributed by atoms with Gasteiger partial charge in [-0.15, -0.1) is 0 Å². The molecule has 0 atom stereocenters. The van der Waals surface area contributed by atoms with E-state index in [1.54, 1.807) is 0 Å². The molecule has 0 fully saturated rings. The molecule has 3 aromatic carbocycles. The third-order valence-electron chi connectivity index (χ3n) is 5.69. The van der Waals surface area contributed by atoms with E-state index in [1.165, 1.54) is 22.4 Å². The Balaban J connectivity index is 1.22. The highest BCUT2D eigenvalue weighted by atomic mass is 16.5. The summed E-state index contributed by atoms with van der Waals surface area (Å²) in [6, 6.07) is 24.7. The molecule has 0 bridgehead atoms. The first-order valence-electron chi connectivity index (χ1n) is 11.1. The second-order valence-corrected chi connectivity index (χ2v) is 8.00. The predicted octanol–water partition coefficient (Wildman–Crippen LogP) is 5.01. The van der Waals surface area contributed by atoms with Crippen molar-refractivity contribution in [3.05, 3.63) is 95.1 Å². The number of hydrogen-bond donors (Lipinski definition) is 1. The van der Waals surface area contributed by atoms with Crippen molar-refractivity contribution < 1.29 is 9.53 Å². The van der Waals surface area contributed by atoms with Crippen molar-refractivity contribution in [1.82, 2.24) is 5.32 Å². The lowest BCUT2D eigenvalue weighted by Gasteiger charge is -2.19. The number of para-hydroxylation sites is 1. The number of aryl methyl sites for hydroxylation is 1. The smallest absolute Gasteiger partial charge is 0.251 e. The summed E-state index contributed by atoms with van der Waals surface area (Å²) in [6.45, 7) is 5.01. The summed E-state index contributed by atoms with van der Waals surface area (Å²) in [5.41, 5.74) is 5.94. The molecule has 4 heteroatoms.